The van der Waals surface area contributed by atoms with E-state index in [4.69, 9.17) is 23.2 Å². The van der Waals surface area contributed by atoms with Gasteiger partial charge in [0.1, 0.15) is 0 Å². The van der Waals surface area contributed by atoms with Crippen molar-refractivity contribution in [3.63, 3.8) is 0 Å². The summed E-state index contributed by atoms with van der Waals surface area (Å²) in [5.41, 5.74) is 2.67. The van der Waals surface area contributed by atoms with Crippen LogP contribution in [-0.2, 0) is 12.8 Å². The van der Waals surface area contributed by atoms with Gasteiger partial charge in [-0.05, 0) is 48.9 Å². The van der Waals surface area contributed by atoms with Gasteiger partial charge in [-0.25, -0.2) is 0 Å². The Morgan fingerprint density at radius 2 is 1.33 bits per heavy atom. The zero-order valence-corrected chi connectivity index (χ0v) is 11.7. The molecule has 0 aromatic heterocycles. The average molecular weight is 279 g/mol. The molecule has 0 N–H and O–H groups in total. The molecule has 0 spiro atoms. The summed E-state index contributed by atoms with van der Waals surface area (Å²) >= 11 is 11.9. The highest BCUT2D eigenvalue weighted by molar-refractivity contribution is 6.42. The van der Waals surface area contributed by atoms with Crippen LogP contribution in [0.5, 0.6) is 0 Å². The van der Waals surface area contributed by atoms with Crippen LogP contribution in [0.1, 0.15) is 24.0 Å². The highest BCUT2D eigenvalue weighted by atomic mass is 35.5. The lowest BCUT2D eigenvalue weighted by atomic mass is 10.0. The summed E-state index contributed by atoms with van der Waals surface area (Å²) in [5.74, 6) is 0. The molecule has 2 heteroatoms. The van der Waals surface area contributed by atoms with Crippen molar-refractivity contribution in [2.75, 3.05) is 0 Å². The maximum Gasteiger partial charge on any atom is 0.0595 e. The van der Waals surface area contributed by atoms with Gasteiger partial charge in [-0.2, -0.15) is 0 Å². The molecule has 0 fully saturated rings. The van der Waals surface area contributed by atoms with Crippen LogP contribution in [0.25, 0.3) is 0 Å². The second-order valence-electron chi connectivity index (χ2n) is 4.44. The van der Waals surface area contributed by atoms with Gasteiger partial charge in [-0.15, -0.1) is 0 Å². The topological polar surface area (TPSA) is 0 Å². The molecule has 0 aliphatic rings. The Hall–Kier alpha value is -0.980. The van der Waals surface area contributed by atoms with Crippen LogP contribution in [0.4, 0.5) is 0 Å². The second-order valence-corrected chi connectivity index (χ2v) is 5.26. The molecular formula is C16H16Cl2. The van der Waals surface area contributed by atoms with E-state index in [1.807, 2.05) is 12.1 Å². The summed E-state index contributed by atoms with van der Waals surface area (Å²) in [6.45, 7) is 0. The molecule has 94 valence electrons. The van der Waals surface area contributed by atoms with Gasteiger partial charge in [0.2, 0.25) is 0 Å². The number of unbranched alkanes of at least 4 members (excludes halogenated alkanes) is 1. The number of aryl methyl sites for hydroxylation is 2. The minimum atomic E-state index is 0.629. The van der Waals surface area contributed by atoms with Gasteiger partial charge in [0.05, 0.1) is 10.0 Å². The summed E-state index contributed by atoms with van der Waals surface area (Å²) in [6.07, 6.45) is 4.57. The fraction of sp³-hybridized carbons (Fsp3) is 0.250. The Morgan fingerprint density at radius 3 is 2.00 bits per heavy atom. The maximum absolute atomic E-state index is 5.99. The minimum Gasteiger partial charge on any atom is -0.0827 e. The van der Waals surface area contributed by atoms with E-state index >= 15 is 0 Å². The van der Waals surface area contributed by atoms with Gasteiger partial charge in [-0.3, -0.25) is 0 Å². The molecule has 0 unspecified atom stereocenters. The second kappa shape index (κ2) is 6.82. The van der Waals surface area contributed by atoms with Gasteiger partial charge in [0.15, 0.2) is 0 Å². The van der Waals surface area contributed by atoms with Crippen LogP contribution in [0.2, 0.25) is 10.0 Å². The van der Waals surface area contributed by atoms with Crippen molar-refractivity contribution in [3.05, 3.63) is 69.7 Å². The lowest BCUT2D eigenvalue weighted by Gasteiger charge is -2.04. The maximum atomic E-state index is 5.99. The lowest BCUT2D eigenvalue weighted by Crippen LogP contribution is -1.89. The molecule has 0 radical (unpaired) electrons. The standard InChI is InChI=1S/C16H16Cl2/c17-15-11-10-14(12-16(15)18)9-5-4-8-13-6-2-1-3-7-13/h1-3,6-7,10-12H,4-5,8-9H2. The van der Waals surface area contributed by atoms with Crippen LogP contribution in [-0.4, -0.2) is 0 Å². The van der Waals surface area contributed by atoms with E-state index in [9.17, 15) is 0 Å². The SMILES string of the molecule is Clc1ccc(CCCCc2ccccc2)cc1Cl. The normalized spacial score (nSPS) is 10.6. The lowest BCUT2D eigenvalue weighted by molar-refractivity contribution is 0.734. The smallest absolute Gasteiger partial charge is 0.0595 e. The first-order chi connectivity index (χ1) is 8.75. The van der Waals surface area contributed by atoms with Crippen molar-refractivity contribution in [1.82, 2.24) is 0 Å². The third-order valence-electron chi connectivity index (χ3n) is 3.01. The van der Waals surface area contributed by atoms with Gasteiger partial charge in [-0.1, -0.05) is 59.6 Å². The first-order valence-corrected chi connectivity index (χ1v) is 6.99. The van der Waals surface area contributed by atoms with E-state index in [0.717, 1.165) is 12.8 Å². The Labute approximate surface area is 119 Å². The van der Waals surface area contributed by atoms with Gasteiger partial charge < -0.3 is 0 Å². The summed E-state index contributed by atoms with van der Waals surface area (Å²) in [4.78, 5) is 0. The number of hydrogen-bond donors (Lipinski definition) is 0. The number of hydrogen-bond acceptors (Lipinski definition) is 0. The summed E-state index contributed by atoms with van der Waals surface area (Å²) in [6, 6.07) is 16.5. The Balaban J connectivity index is 1.77. The zero-order chi connectivity index (χ0) is 12.8. The number of benzene rings is 2. The van der Waals surface area contributed by atoms with E-state index in [1.54, 1.807) is 0 Å². The van der Waals surface area contributed by atoms with Crippen molar-refractivity contribution >= 4 is 23.2 Å². The molecular weight excluding hydrogens is 263 g/mol. The van der Waals surface area contributed by atoms with Crippen LogP contribution >= 0.6 is 23.2 Å². The van der Waals surface area contributed by atoms with Crippen LogP contribution < -0.4 is 0 Å². The van der Waals surface area contributed by atoms with E-state index in [-0.39, 0.29) is 0 Å². The third kappa shape index (κ3) is 4.04. The first kappa shape index (κ1) is 13.5. The Bertz CT molecular complexity index is 492. The fourth-order valence-electron chi connectivity index (χ4n) is 2.00. The molecule has 2 aromatic rings. The van der Waals surface area contributed by atoms with Crippen LogP contribution in [0, 0.1) is 0 Å². The molecule has 0 atom stereocenters. The Morgan fingerprint density at radius 1 is 0.667 bits per heavy atom. The molecule has 18 heavy (non-hydrogen) atoms. The Kier molecular flexibility index (Phi) is 5.10. The van der Waals surface area contributed by atoms with Crippen molar-refractivity contribution in [1.29, 1.82) is 0 Å². The number of rotatable bonds is 5. The van der Waals surface area contributed by atoms with Crippen molar-refractivity contribution in [3.8, 4) is 0 Å². The molecule has 0 saturated carbocycles. The highest BCUT2D eigenvalue weighted by Gasteiger charge is 2.00. The fourth-order valence-corrected chi connectivity index (χ4v) is 2.32. The largest absolute Gasteiger partial charge is 0.0827 e. The molecule has 0 heterocycles. The molecule has 0 nitrogen and oxygen atoms in total. The molecule has 0 saturated heterocycles. The minimum absolute atomic E-state index is 0.629. The molecule has 2 aromatic carbocycles. The summed E-state index contributed by atoms with van der Waals surface area (Å²) < 4.78 is 0. The van der Waals surface area contributed by atoms with Gasteiger partial charge in [0, 0.05) is 0 Å². The van der Waals surface area contributed by atoms with E-state index in [1.165, 1.54) is 24.0 Å². The van der Waals surface area contributed by atoms with Gasteiger partial charge in [0.25, 0.3) is 0 Å². The quantitative estimate of drug-likeness (QED) is 0.629. The molecule has 0 bridgehead atoms. The van der Waals surface area contributed by atoms with E-state index < -0.39 is 0 Å². The average Bonchev–Trinajstić information content (AvgIpc) is 2.40. The first-order valence-electron chi connectivity index (χ1n) is 6.23. The predicted octanol–water partition coefficient (Wildman–Crippen LogP) is 5.56. The molecule has 0 aliphatic heterocycles. The van der Waals surface area contributed by atoms with Crippen molar-refractivity contribution in [2.24, 2.45) is 0 Å². The predicted molar refractivity (Wildman–Crippen MR) is 79.5 cm³/mol. The molecule has 2 rings (SSSR count). The van der Waals surface area contributed by atoms with Crippen molar-refractivity contribution in [2.45, 2.75) is 25.7 Å². The van der Waals surface area contributed by atoms with Crippen LogP contribution in [0.15, 0.2) is 48.5 Å². The molecule has 0 amide bonds. The monoisotopic (exact) mass is 278 g/mol. The van der Waals surface area contributed by atoms with Crippen LogP contribution in [0.3, 0.4) is 0 Å². The number of halogens is 2. The highest BCUT2D eigenvalue weighted by Crippen LogP contribution is 2.23. The molecule has 0 aliphatic carbocycles. The van der Waals surface area contributed by atoms with E-state index in [0.29, 0.717) is 10.0 Å². The summed E-state index contributed by atoms with van der Waals surface area (Å²) in [5, 5.41) is 1.28. The van der Waals surface area contributed by atoms with E-state index in [2.05, 4.69) is 36.4 Å². The summed E-state index contributed by atoms with van der Waals surface area (Å²) in [7, 11) is 0. The van der Waals surface area contributed by atoms with Gasteiger partial charge >= 0.3 is 0 Å². The zero-order valence-electron chi connectivity index (χ0n) is 10.2. The van der Waals surface area contributed by atoms with Crippen molar-refractivity contribution < 1.29 is 0 Å². The third-order valence-corrected chi connectivity index (χ3v) is 3.75.